The van der Waals surface area contributed by atoms with Crippen molar-refractivity contribution in [3.63, 3.8) is 0 Å². The molecule has 1 rings (SSSR count). The topological polar surface area (TPSA) is 41.6 Å². The molecule has 3 heteroatoms. The summed E-state index contributed by atoms with van der Waals surface area (Å²) in [4.78, 5) is 0. The van der Waals surface area contributed by atoms with Crippen molar-refractivity contribution in [2.24, 2.45) is 11.8 Å². The Morgan fingerprint density at radius 3 is 2.75 bits per heavy atom. The molecule has 1 unspecified atom stereocenters. The molecule has 0 aliphatic heterocycles. The summed E-state index contributed by atoms with van der Waals surface area (Å²) in [6, 6.07) is 4.15. The average molecular weight is 163 g/mol. The van der Waals surface area contributed by atoms with E-state index in [2.05, 4.69) is 25.0 Å². The fourth-order valence-electron chi connectivity index (χ4n) is 1.01. The van der Waals surface area contributed by atoms with Gasteiger partial charge in [-0.3, -0.25) is 4.68 Å². The molecule has 1 aromatic heterocycles. The number of hydrogen-bond acceptors (Lipinski definition) is 2. The Morgan fingerprint density at radius 2 is 2.33 bits per heavy atom. The molecule has 0 fully saturated rings. The molecule has 0 aliphatic rings. The lowest BCUT2D eigenvalue weighted by Gasteiger charge is -2.11. The van der Waals surface area contributed by atoms with Crippen molar-refractivity contribution in [1.29, 1.82) is 5.26 Å². The first-order chi connectivity index (χ1) is 5.74. The maximum Gasteiger partial charge on any atom is 0.0682 e. The lowest BCUT2D eigenvalue weighted by Crippen LogP contribution is -2.14. The van der Waals surface area contributed by atoms with Crippen LogP contribution in [0.1, 0.15) is 13.8 Å². The van der Waals surface area contributed by atoms with Gasteiger partial charge in [0.15, 0.2) is 0 Å². The van der Waals surface area contributed by atoms with Gasteiger partial charge in [0.2, 0.25) is 0 Å². The summed E-state index contributed by atoms with van der Waals surface area (Å²) in [6.45, 7) is 4.80. The predicted molar refractivity (Wildman–Crippen MR) is 46.2 cm³/mol. The predicted octanol–water partition coefficient (Wildman–Crippen LogP) is 1.68. The summed E-state index contributed by atoms with van der Waals surface area (Å²) >= 11 is 0. The number of aromatic nitrogens is 2. The van der Waals surface area contributed by atoms with Gasteiger partial charge >= 0.3 is 0 Å². The van der Waals surface area contributed by atoms with Gasteiger partial charge < -0.3 is 0 Å². The van der Waals surface area contributed by atoms with Crippen LogP contribution in [0, 0.1) is 23.2 Å². The molecule has 0 aromatic carbocycles. The van der Waals surface area contributed by atoms with Crippen LogP contribution in [0.5, 0.6) is 0 Å². The van der Waals surface area contributed by atoms with Crippen molar-refractivity contribution in [3.05, 3.63) is 18.5 Å². The van der Waals surface area contributed by atoms with E-state index in [0.717, 1.165) is 0 Å². The van der Waals surface area contributed by atoms with Crippen molar-refractivity contribution < 1.29 is 0 Å². The van der Waals surface area contributed by atoms with Crippen LogP contribution in [-0.2, 0) is 6.54 Å². The van der Waals surface area contributed by atoms with E-state index in [9.17, 15) is 0 Å². The van der Waals surface area contributed by atoms with Crippen molar-refractivity contribution in [3.8, 4) is 6.07 Å². The van der Waals surface area contributed by atoms with Gasteiger partial charge in [-0.05, 0) is 12.0 Å². The van der Waals surface area contributed by atoms with Gasteiger partial charge in [0.1, 0.15) is 0 Å². The zero-order valence-corrected chi connectivity index (χ0v) is 7.44. The van der Waals surface area contributed by atoms with Crippen LogP contribution in [0.4, 0.5) is 0 Å². The molecule has 12 heavy (non-hydrogen) atoms. The van der Waals surface area contributed by atoms with Gasteiger partial charge in [0.05, 0.1) is 18.5 Å². The third kappa shape index (κ3) is 2.09. The minimum Gasteiger partial charge on any atom is -0.271 e. The summed E-state index contributed by atoms with van der Waals surface area (Å²) in [5.41, 5.74) is 0. The van der Waals surface area contributed by atoms with E-state index in [1.54, 1.807) is 10.9 Å². The van der Waals surface area contributed by atoms with Crippen molar-refractivity contribution in [2.45, 2.75) is 20.4 Å². The standard InChI is InChI=1S/C9H13N3/c1-8(2)9(6-10)7-12-5-3-4-11-12/h3-5,8-9H,7H2,1-2H3. The van der Waals surface area contributed by atoms with Crippen LogP contribution in [0.2, 0.25) is 0 Å². The maximum atomic E-state index is 8.80. The quantitative estimate of drug-likeness (QED) is 0.680. The molecule has 0 saturated heterocycles. The Hall–Kier alpha value is -1.30. The summed E-state index contributed by atoms with van der Waals surface area (Å²) in [5, 5.41) is 12.9. The smallest absolute Gasteiger partial charge is 0.0682 e. The highest BCUT2D eigenvalue weighted by Crippen LogP contribution is 2.11. The van der Waals surface area contributed by atoms with E-state index >= 15 is 0 Å². The number of hydrogen-bond donors (Lipinski definition) is 0. The molecule has 1 aromatic rings. The molecule has 64 valence electrons. The Balaban J connectivity index is 2.56. The molecule has 0 aliphatic carbocycles. The molecule has 0 bridgehead atoms. The number of nitrogens with zero attached hydrogens (tertiary/aromatic N) is 3. The summed E-state index contributed by atoms with van der Waals surface area (Å²) in [6.07, 6.45) is 3.61. The molecular formula is C9H13N3. The fraction of sp³-hybridized carbons (Fsp3) is 0.556. The van der Waals surface area contributed by atoms with E-state index < -0.39 is 0 Å². The minimum absolute atomic E-state index is 0.0601. The Bertz CT molecular complexity index is 256. The zero-order chi connectivity index (χ0) is 8.97. The fourth-order valence-corrected chi connectivity index (χ4v) is 1.01. The van der Waals surface area contributed by atoms with Crippen LogP contribution >= 0.6 is 0 Å². The Labute approximate surface area is 72.6 Å². The van der Waals surface area contributed by atoms with Crippen LogP contribution in [0.3, 0.4) is 0 Å². The minimum atomic E-state index is 0.0601. The highest BCUT2D eigenvalue weighted by Gasteiger charge is 2.12. The van der Waals surface area contributed by atoms with E-state index in [4.69, 9.17) is 5.26 Å². The number of rotatable bonds is 3. The molecule has 1 heterocycles. The summed E-state index contributed by atoms with van der Waals surface area (Å²) < 4.78 is 1.80. The van der Waals surface area contributed by atoms with Gasteiger partial charge in [-0.1, -0.05) is 13.8 Å². The van der Waals surface area contributed by atoms with E-state index in [0.29, 0.717) is 12.5 Å². The first-order valence-electron chi connectivity index (χ1n) is 4.11. The van der Waals surface area contributed by atoms with Crippen molar-refractivity contribution in [1.82, 2.24) is 9.78 Å². The molecule has 1 atom stereocenters. The normalized spacial score (nSPS) is 12.8. The second kappa shape index (κ2) is 3.91. The van der Waals surface area contributed by atoms with E-state index in [1.165, 1.54) is 0 Å². The summed E-state index contributed by atoms with van der Waals surface area (Å²) in [7, 11) is 0. The molecule has 0 spiro atoms. The monoisotopic (exact) mass is 163 g/mol. The Morgan fingerprint density at radius 1 is 1.58 bits per heavy atom. The Kier molecular flexibility index (Phi) is 2.87. The van der Waals surface area contributed by atoms with Crippen LogP contribution < -0.4 is 0 Å². The van der Waals surface area contributed by atoms with Crippen LogP contribution in [-0.4, -0.2) is 9.78 Å². The first-order valence-corrected chi connectivity index (χ1v) is 4.11. The summed E-state index contributed by atoms with van der Waals surface area (Å²) in [5.74, 6) is 0.448. The van der Waals surface area contributed by atoms with E-state index in [1.807, 2.05) is 12.3 Å². The lowest BCUT2D eigenvalue weighted by atomic mass is 9.98. The molecule has 0 amide bonds. The third-order valence-corrected chi connectivity index (χ3v) is 1.91. The van der Waals surface area contributed by atoms with Crippen LogP contribution in [0.25, 0.3) is 0 Å². The van der Waals surface area contributed by atoms with Crippen molar-refractivity contribution >= 4 is 0 Å². The average Bonchev–Trinajstić information content (AvgIpc) is 2.51. The maximum absolute atomic E-state index is 8.80. The van der Waals surface area contributed by atoms with Crippen molar-refractivity contribution in [2.75, 3.05) is 0 Å². The molecule has 0 radical (unpaired) electrons. The van der Waals surface area contributed by atoms with Gasteiger partial charge in [0.25, 0.3) is 0 Å². The second-order valence-electron chi connectivity index (χ2n) is 3.21. The van der Waals surface area contributed by atoms with Gasteiger partial charge in [0, 0.05) is 12.4 Å². The molecule has 0 N–H and O–H groups in total. The highest BCUT2D eigenvalue weighted by atomic mass is 15.3. The van der Waals surface area contributed by atoms with E-state index in [-0.39, 0.29) is 5.92 Å². The van der Waals surface area contributed by atoms with Gasteiger partial charge in [-0.25, -0.2) is 0 Å². The third-order valence-electron chi connectivity index (χ3n) is 1.91. The number of nitriles is 1. The molecule has 3 nitrogen and oxygen atoms in total. The molecule has 0 saturated carbocycles. The second-order valence-corrected chi connectivity index (χ2v) is 3.21. The van der Waals surface area contributed by atoms with Gasteiger partial charge in [-0.2, -0.15) is 10.4 Å². The highest BCUT2D eigenvalue weighted by molar-refractivity contribution is 4.87. The largest absolute Gasteiger partial charge is 0.271 e. The van der Waals surface area contributed by atoms with Crippen LogP contribution in [0.15, 0.2) is 18.5 Å². The molecular weight excluding hydrogens is 150 g/mol. The lowest BCUT2D eigenvalue weighted by molar-refractivity contribution is 0.395. The zero-order valence-electron chi connectivity index (χ0n) is 7.44. The first kappa shape index (κ1) is 8.79. The SMILES string of the molecule is CC(C)C(C#N)Cn1cccn1. The van der Waals surface area contributed by atoms with Gasteiger partial charge in [-0.15, -0.1) is 0 Å².